The van der Waals surface area contributed by atoms with Gasteiger partial charge in [-0.1, -0.05) is 32.7 Å². The van der Waals surface area contributed by atoms with Crippen molar-refractivity contribution < 1.29 is 33.9 Å². The Hall–Kier alpha value is -3.51. The molecule has 0 saturated heterocycles. The highest BCUT2D eigenvalue weighted by molar-refractivity contribution is 7.92. The van der Waals surface area contributed by atoms with Gasteiger partial charge in [0.1, 0.15) is 11.6 Å². The lowest BCUT2D eigenvalue weighted by atomic mass is 9.98. The fraction of sp³-hybridized carbons (Fsp3) is 0.174. The lowest BCUT2D eigenvalue weighted by molar-refractivity contribution is 0.521. The smallest absolute Gasteiger partial charge is 0.267 e. The maximum Gasteiger partial charge on any atom is 0.267 e. The van der Waals surface area contributed by atoms with Crippen LogP contribution in [0.2, 0.25) is 0 Å². The first-order valence-electron chi connectivity index (χ1n) is 14.0. The zero-order chi connectivity index (χ0) is 33.0. The number of rotatable bonds is 5. The van der Waals surface area contributed by atoms with Gasteiger partial charge in [0.05, 0.1) is 27.0 Å². The molecule has 0 unspecified atom stereocenters. The molecular formula is C23H20F3N5O2S2. The van der Waals surface area contributed by atoms with Crippen LogP contribution in [0.25, 0.3) is 21.8 Å². The van der Waals surface area contributed by atoms with Crippen molar-refractivity contribution in [1.82, 2.24) is 15.0 Å². The number of benzene rings is 2. The second-order valence-corrected chi connectivity index (χ2v) is 9.69. The first-order valence-corrected chi connectivity index (χ1v) is 11.8. The van der Waals surface area contributed by atoms with Crippen molar-refractivity contribution in [2.24, 2.45) is 0 Å². The molecule has 2 aromatic heterocycles. The monoisotopic (exact) mass is 528 g/mol. The Balaban J connectivity index is 2.02. The van der Waals surface area contributed by atoms with Crippen LogP contribution in [-0.4, -0.2) is 23.4 Å². The summed E-state index contributed by atoms with van der Waals surface area (Å²) in [4.78, 5) is 10.1. The molecule has 12 heteroatoms. The summed E-state index contributed by atoms with van der Waals surface area (Å²) in [5.41, 5.74) is 0.0281. The van der Waals surface area contributed by atoms with E-state index in [9.17, 15) is 17.2 Å². The maximum absolute atomic E-state index is 16.0. The number of hydrogen-bond donors (Lipinski definition) is 2. The molecule has 0 aliphatic rings. The van der Waals surface area contributed by atoms with Crippen LogP contribution in [0, 0.1) is 17.5 Å². The van der Waals surface area contributed by atoms with Gasteiger partial charge in [-0.15, -0.1) is 11.3 Å². The van der Waals surface area contributed by atoms with Crippen LogP contribution in [0.1, 0.15) is 37.9 Å². The number of nitrogens with two attached hydrogens (primary N) is 1. The normalized spacial score (nSPS) is 16.9. The van der Waals surface area contributed by atoms with Crippen LogP contribution in [0.4, 0.5) is 24.8 Å². The van der Waals surface area contributed by atoms with Crippen molar-refractivity contribution in [2.75, 3.05) is 10.5 Å². The van der Waals surface area contributed by atoms with Crippen molar-refractivity contribution in [3.63, 3.8) is 0 Å². The van der Waals surface area contributed by atoms with E-state index in [1.807, 2.05) is 0 Å². The highest BCUT2D eigenvalue weighted by Gasteiger charge is 2.28. The van der Waals surface area contributed by atoms with E-state index in [1.165, 1.54) is 6.07 Å². The summed E-state index contributed by atoms with van der Waals surface area (Å²) < 4.78 is 144. The SMILES string of the molecule is [2H]C([2H])([2H])C(c1nc(-c2cccc(NS(=O)(=O)c3c(F)cccc3F)c2F)c(-c2ccnc(N)n2)s1)(C([2H])([2H])[2H])C([2H])([2H])[2H]. The predicted octanol–water partition coefficient (Wildman–Crippen LogP) is 5.36. The maximum atomic E-state index is 16.0. The molecule has 0 bridgehead atoms. The number of nitrogens with one attached hydrogen (secondary N) is 1. The first-order chi connectivity index (χ1) is 20.1. The lowest BCUT2D eigenvalue weighted by Gasteiger charge is -2.14. The number of hydrogen-bond acceptors (Lipinski definition) is 7. The van der Waals surface area contributed by atoms with Gasteiger partial charge in [-0.25, -0.2) is 36.5 Å². The van der Waals surface area contributed by atoms with E-state index >= 15 is 4.39 Å². The zero-order valence-corrected chi connectivity index (χ0v) is 18.9. The molecule has 182 valence electrons. The Bertz CT molecular complexity index is 1790. The Kier molecular flexibility index (Phi) is 3.95. The van der Waals surface area contributed by atoms with E-state index in [1.54, 1.807) is 4.72 Å². The number of nitrogen functional groups attached to an aromatic ring is 1. The number of thiazole rings is 1. The summed E-state index contributed by atoms with van der Waals surface area (Å²) in [6.07, 6.45) is 1.16. The molecule has 0 aliphatic heterocycles. The molecule has 0 fully saturated rings. The Morgan fingerprint density at radius 2 is 1.71 bits per heavy atom. The fourth-order valence-corrected chi connectivity index (χ4v) is 5.22. The lowest BCUT2D eigenvalue weighted by Crippen LogP contribution is -2.17. The molecule has 4 aromatic rings. The van der Waals surface area contributed by atoms with Crippen molar-refractivity contribution in [2.45, 2.75) is 30.9 Å². The number of halogens is 3. The van der Waals surface area contributed by atoms with E-state index in [0.29, 0.717) is 23.5 Å². The van der Waals surface area contributed by atoms with E-state index in [0.717, 1.165) is 30.5 Å². The van der Waals surface area contributed by atoms with E-state index in [-0.39, 0.29) is 16.5 Å². The van der Waals surface area contributed by atoms with Crippen LogP contribution >= 0.6 is 11.3 Å². The molecule has 0 aliphatic carbocycles. The number of anilines is 2. The molecule has 0 amide bonds. The summed E-state index contributed by atoms with van der Waals surface area (Å²) >= 11 is 0.291. The third-order valence-corrected chi connectivity index (χ3v) is 7.15. The molecule has 3 N–H and O–H groups in total. The summed E-state index contributed by atoms with van der Waals surface area (Å²) in [5, 5.41) is -0.946. The minimum Gasteiger partial charge on any atom is -0.368 e. The Labute approximate surface area is 216 Å². The quantitative estimate of drug-likeness (QED) is 0.361. The standard InChI is InChI=1S/C23H20F3N5O2S2/c1-23(2,3)21-30-18(19(34-21)16-10-11-28-22(27)29-16)12-6-4-9-15(17(12)26)31-35(32,33)20-13(24)7-5-8-14(20)25/h4-11,31H,1-3H3,(H2,27,28,29)/i1D3,2D3,3D3. The van der Waals surface area contributed by atoms with Crippen LogP contribution in [0.5, 0.6) is 0 Å². The van der Waals surface area contributed by atoms with Crippen LogP contribution < -0.4 is 10.5 Å². The zero-order valence-electron chi connectivity index (χ0n) is 26.3. The van der Waals surface area contributed by atoms with Crippen LogP contribution in [0.15, 0.2) is 53.6 Å². The van der Waals surface area contributed by atoms with Gasteiger partial charge in [0.15, 0.2) is 10.7 Å². The minimum absolute atomic E-state index is 0.134. The average Bonchev–Trinajstić information content (AvgIpc) is 3.27. The molecule has 0 spiro atoms. The second-order valence-electron chi connectivity index (χ2n) is 7.07. The van der Waals surface area contributed by atoms with Crippen molar-refractivity contribution in [3.05, 3.63) is 71.1 Å². The van der Waals surface area contributed by atoms with Gasteiger partial charge in [0.2, 0.25) is 5.95 Å². The molecule has 4 rings (SSSR count). The Morgan fingerprint density at radius 1 is 1.03 bits per heavy atom. The predicted molar refractivity (Wildman–Crippen MR) is 129 cm³/mol. The fourth-order valence-electron chi connectivity index (χ4n) is 3.07. The summed E-state index contributed by atoms with van der Waals surface area (Å²) in [6, 6.07) is 6.56. The van der Waals surface area contributed by atoms with Gasteiger partial charge < -0.3 is 5.73 Å². The average molecular weight is 529 g/mol. The van der Waals surface area contributed by atoms with Crippen molar-refractivity contribution in [3.8, 4) is 21.8 Å². The molecule has 0 radical (unpaired) electrons. The van der Waals surface area contributed by atoms with Gasteiger partial charge in [0, 0.05) is 29.5 Å². The highest BCUT2D eigenvalue weighted by atomic mass is 32.2. The molecule has 7 nitrogen and oxygen atoms in total. The van der Waals surface area contributed by atoms with E-state index in [2.05, 4.69) is 15.0 Å². The third kappa shape index (κ3) is 4.84. The van der Waals surface area contributed by atoms with Crippen molar-refractivity contribution in [1.29, 1.82) is 0 Å². The molecule has 35 heavy (non-hydrogen) atoms. The molecule has 0 atom stereocenters. The second kappa shape index (κ2) is 8.93. The van der Waals surface area contributed by atoms with Gasteiger partial charge in [-0.3, -0.25) is 4.72 Å². The first kappa shape index (κ1) is 15.5. The number of nitrogens with zero attached hydrogens (tertiary/aromatic N) is 3. The molecule has 2 heterocycles. The summed E-state index contributed by atoms with van der Waals surface area (Å²) in [6.45, 7) is -11.1. The van der Waals surface area contributed by atoms with Crippen molar-refractivity contribution >= 4 is 33.0 Å². The van der Waals surface area contributed by atoms with Gasteiger partial charge in [-0.2, -0.15) is 0 Å². The largest absolute Gasteiger partial charge is 0.368 e. The molecule has 0 saturated carbocycles. The summed E-state index contributed by atoms with van der Waals surface area (Å²) in [7, 11) is -5.06. The van der Waals surface area contributed by atoms with E-state index < -0.39 is 80.3 Å². The van der Waals surface area contributed by atoms with Gasteiger partial charge >= 0.3 is 0 Å². The third-order valence-electron chi connectivity index (χ3n) is 4.54. The topological polar surface area (TPSA) is 111 Å². The van der Waals surface area contributed by atoms with Gasteiger partial charge in [0.25, 0.3) is 10.0 Å². The summed E-state index contributed by atoms with van der Waals surface area (Å²) in [5.74, 6) is -4.63. The van der Waals surface area contributed by atoms with Gasteiger partial charge in [-0.05, 0) is 30.3 Å². The highest BCUT2D eigenvalue weighted by Crippen LogP contribution is 2.42. The minimum atomic E-state index is -5.06. The molecule has 2 aromatic carbocycles. The number of aromatic nitrogens is 3. The van der Waals surface area contributed by atoms with E-state index in [4.69, 9.17) is 18.1 Å². The molecular weight excluding hydrogens is 499 g/mol. The van der Waals surface area contributed by atoms with Crippen LogP contribution in [-0.2, 0) is 15.4 Å². The number of sulfonamides is 1. The Morgan fingerprint density at radius 3 is 2.37 bits per heavy atom. The van der Waals surface area contributed by atoms with Crippen LogP contribution in [0.3, 0.4) is 0 Å².